The zero-order valence-electron chi connectivity index (χ0n) is 17.7. The third kappa shape index (κ3) is 5.11. The molecule has 4 rings (SSSR count). The Morgan fingerprint density at radius 2 is 2.00 bits per heavy atom. The van der Waals surface area contributed by atoms with Crippen LogP contribution in [0.4, 0.5) is 13.2 Å². The molecule has 0 amide bonds. The van der Waals surface area contributed by atoms with Gasteiger partial charge in [0.15, 0.2) is 6.29 Å². The maximum atomic E-state index is 13.0. The summed E-state index contributed by atoms with van der Waals surface area (Å²) >= 11 is 1.14. The summed E-state index contributed by atoms with van der Waals surface area (Å²) in [6.07, 6.45) is -5.96. The van der Waals surface area contributed by atoms with Crippen LogP contribution < -0.4 is 0 Å². The van der Waals surface area contributed by atoms with E-state index in [1.165, 1.54) is 20.1 Å². The van der Waals surface area contributed by atoms with Crippen LogP contribution in [0.1, 0.15) is 23.1 Å². The first-order chi connectivity index (χ1) is 15.8. The van der Waals surface area contributed by atoms with Gasteiger partial charge in [0.25, 0.3) is 0 Å². The molecule has 2 aromatic rings. The fraction of sp³-hybridized carbons (Fsp3) is 0.476. The van der Waals surface area contributed by atoms with Gasteiger partial charge in [0.2, 0.25) is 0 Å². The highest BCUT2D eigenvalue weighted by atomic mass is 32.2. The van der Waals surface area contributed by atoms with Crippen molar-refractivity contribution in [1.82, 2.24) is 4.98 Å². The lowest BCUT2D eigenvalue weighted by atomic mass is 9.96. The molecule has 2 aliphatic heterocycles. The van der Waals surface area contributed by atoms with Crippen molar-refractivity contribution in [3.63, 3.8) is 0 Å². The van der Waals surface area contributed by atoms with Crippen LogP contribution in [0, 0.1) is 6.92 Å². The first kappa shape index (κ1) is 23.8. The number of methoxy groups -OCH3 is 1. The number of ether oxygens (including phenoxy) is 4. The SMILES string of the molecule is CO[C@H]1C(N=[N+]=[N-])[C@H]2OC(c3ccccc3)OCC2O[C@@H]1Sc1cnc(C(F)(F)F)c(C)c1. The number of aromatic nitrogens is 1. The Bertz CT molecular complexity index is 1020. The summed E-state index contributed by atoms with van der Waals surface area (Å²) in [5.41, 5.74) is 8.36. The van der Waals surface area contributed by atoms with Crippen molar-refractivity contribution in [2.45, 2.75) is 54.1 Å². The summed E-state index contributed by atoms with van der Waals surface area (Å²) in [4.78, 5) is 7.00. The number of thioether (sulfide) groups is 1. The lowest BCUT2D eigenvalue weighted by Crippen LogP contribution is -2.60. The average molecular weight is 482 g/mol. The minimum atomic E-state index is -4.53. The molecule has 1 aromatic carbocycles. The number of alkyl halides is 3. The molecule has 176 valence electrons. The molecule has 2 aliphatic rings. The first-order valence-corrected chi connectivity index (χ1v) is 10.9. The van der Waals surface area contributed by atoms with Crippen molar-refractivity contribution in [3.05, 3.63) is 69.9 Å². The maximum Gasteiger partial charge on any atom is 0.433 e. The van der Waals surface area contributed by atoms with Gasteiger partial charge in [-0.3, -0.25) is 4.98 Å². The van der Waals surface area contributed by atoms with Gasteiger partial charge in [-0.25, -0.2) is 0 Å². The Hall–Kier alpha value is -2.34. The lowest BCUT2D eigenvalue weighted by Gasteiger charge is -2.47. The molecule has 0 N–H and O–H groups in total. The molecule has 0 aliphatic carbocycles. The zero-order valence-corrected chi connectivity index (χ0v) is 18.5. The molecule has 33 heavy (non-hydrogen) atoms. The van der Waals surface area contributed by atoms with E-state index in [1.54, 1.807) is 0 Å². The second-order valence-electron chi connectivity index (χ2n) is 7.57. The van der Waals surface area contributed by atoms with Gasteiger partial charge in [0.05, 0.1) is 12.6 Å². The third-order valence-corrected chi connectivity index (χ3v) is 6.52. The fourth-order valence-electron chi connectivity index (χ4n) is 3.93. The summed E-state index contributed by atoms with van der Waals surface area (Å²) in [5, 5.41) is 3.92. The summed E-state index contributed by atoms with van der Waals surface area (Å²) in [6.45, 7) is 1.53. The number of rotatable bonds is 5. The quantitative estimate of drug-likeness (QED) is 0.337. The van der Waals surface area contributed by atoms with Gasteiger partial charge >= 0.3 is 6.18 Å². The number of benzene rings is 1. The van der Waals surface area contributed by atoms with Crippen molar-refractivity contribution >= 4 is 11.8 Å². The predicted octanol–water partition coefficient (Wildman–Crippen LogP) is 5.03. The lowest BCUT2D eigenvalue weighted by molar-refractivity contribution is -0.298. The van der Waals surface area contributed by atoms with E-state index in [2.05, 4.69) is 15.0 Å². The Morgan fingerprint density at radius 1 is 1.24 bits per heavy atom. The van der Waals surface area contributed by atoms with Gasteiger partial charge in [-0.2, -0.15) is 13.2 Å². The predicted molar refractivity (Wildman–Crippen MR) is 112 cm³/mol. The Balaban J connectivity index is 1.56. The van der Waals surface area contributed by atoms with Gasteiger partial charge in [-0.15, -0.1) is 0 Å². The van der Waals surface area contributed by atoms with Gasteiger partial charge in [0, 0.05) is 28.7 Å². The van der Waals surface area contributed by atoms with E-state index in [4.69, 9.17) is 18.9 Å². The van der Waals surface area contributed by atoms with Gasteiger partial charge in [0.1, 0.15) is 29.4 Å². The van der Waals surface area contributed by atoms with E-state index in [0.717, 1.165) is 23.5 Å². The molecule has 12 heteroatoms. The highest BCUT2D eigenvalue weighted by Gasteiger charge is 2.50. The Labute approximate surface area is 192 Å². The Kier molecular flexibility index (Phi) is 7.13. The summed E-state index contributed by atoms with van der Waals surface area (Å²) < 4.78 is 62.8. The Morgan fingerprint density at radius 3 is 2.64 bits per heavy atom. The molecule has 8 nitrogen and oxygen atoms in total. The van der Waals surface area contributed by atoms with Gasteiger partial charge in [-0.1, -0.05) is 47.2 Å². The minimum absolute atomic E-state index is 0.00298. The van der Waals surface area contributed by atoms with Crippen molar-refractivity contribution in [2.24, 2.45) is 5.11 Å². The molecule has 1 aromatic heterocycles. The smallest absolute Gasteiger partial charge is 0.377 e. The fourth-order valence-corrected chi connectivity index (χ4v) is 5.16. The second-order valence-corrected chi connectivity index (χ2v) is 8.74. The van der Waals surface area contributed by atoms with Crippen LogP contribution in [0.15, 0.2) is 52.6 Å². The van der Waals surface area contributed by atoms with E-state index < -0.39 is 47.9 Å². The number of hydrogen-bond acceptors (Lipinski definition) is 7. The molecule has 6 atom stereocenters. The van der Waals surface area contributed by atoms with Crippen LogP contribution in [0.3, 0.4) is 0 Å². The van der Waals surface area contributed by atoms with E-state index in [9.17, 15) is 18.7 Å². The summed E-state index contributed by atoms with van der Waals surface area (Å²) in [7, 11) is 1.45. The monoisotopic (exact) mass is 482 g/mol. The molecule has 0 spiro atoms. The van der Waals surface area contributed by atoms with E-state index >= 15 is 0 Å². The number of aryl methyl sites for hydroxylation is 1. The third-order valence-electron chi connectivity index (χ3n) is 5.41. The summed E-state index contributed by atoms with van der Waals surface area (Å²) in [5.74, 6) is 0. The number of halogens is 3. The molecular weight excluding hydrogens is 461 g/mol. The molecule has 2 saturated heterocycles. The average Bonchev–Trinajstić information content (AvgIpc) is 2.79. The van der Waals surface area contributed by atoms with Crippen molar-refractivity contribution in [3.8, 4) is 0 Å². The van der Waals surface area contributed by atoms with Crippen LogP contribution in [-0.2, 0) is 25.1 Å². The maximum absolute atomic E-state index is 13.0. The van der Waals surface area contributed by atoms with Crippen molar-refractivity contribution in [1.29, 1.82) is 0 Å². The van der Waals surface area contributed by atoms with Crippen LogP contribution in [-0.4, -0.2) is 48.5 Å². The minimum Gasteiger partial charge on any atom is -0.377 e. The molecular formula is C21H21F3N4O4S. The largest absolute Gasteiger partial charge is 0.433 e. The standard InChI is InChI=1S/C21H21F3N4O4S/c1-11-8-13(9-26-18(11)21(22,23)24)33-20-17(29-2)15(27-28-25)16-14(31-20)10-30-19(32-16)12-6-4-3-5-7-12/h3-9,14-17,19-20H,10H2,1-2H3/t14?,15?,16-,17-,19?,20+/m0/s1. The molecule has 0 bridgehead atoms. The molecule has 2 fully saturated rings. The number of hydrogen-bond donors (Lipinski definition) is 0. The van der Waals surface area contributed by atoms with Gasteiger partial charge < -0.3 is 18.9 Å². The second kappa shape index (κ2) is 9.88. The number of pyridine rings is 1. The molecule has 0 radical (unpaired) electrons. The van der Waals surface area contributed by atoms with E-state index in [0.29, 0.717) is 4.90 Å². The van der Waals surface area contributed by atoms with Crippen LogP contribution in [0.25, 0.3) is 10.4 Å². The molecule has 3 heterocycles. The van der Waals surface area contributed by atoms with Gasteiger partial charge in [-0.05, 0) is 24.1 Å². The van der Waals surface area contributed by atoms with Crippen molar-refractivity contribution < 1.29 is 32.1 Å². The highest BCUT2D eigenvalue weighted by Crippen LogP contribution is 2.41. The zero-order chi connectivity index (χ0) is 23.6. The number of azide groups is 1. The molecule has 3 unspecified atom stereocenters. The van der Waals surface area contributed by atoms with Crippen molar-refractivity contribution in [2.75, 3.05) is 13.7 Å². The highest BCUT2D eigenvalue weighted by molar-refractivity contribution is 7.99. The number of nitrogens with zero attached hydrogens (tertiary/aromatic N) is 4. The van der Waals surface area contributed by atoms with E-state index in [-0.39, 0.29) is 12.2 Å². The molecule has 0 saturated carbocycles. The summed E-state index contributed by atoms with van der Waals surface area (Å²) in [6, 6.07) is 9.98. The van der Waals surface area contributed by atoms with E-state index in [1.807, 2.05) is 30.3 Å². The van der Waals surface area contributed by atoms with Crippen LogP contribution >= 0.6 is 11.8 Å². The topological polar surface area (TPSA) is 98.6 Å². The number of fused-ring (bicyclic) bond motifs is 1. The first-order valence-electron chi connectivity index (χ1n) is 10.1. The van der Waals surface area contributed by atoms with Crippen LogP contribution in [0.5, 0.6) is 0 Å². The normalized spacial score (nSPS) is 29.7. The van der Waals surface area contributed by atoms with Crippen LogP contribution in [0.2, 0.25) is 0 Å².